The molecule has 10 nitrogen and oxygen atoms in total. The summed E-state index contributed by atoms with van der Waals surface area (Å²) in [6.45, 7) is 10.2. The Morgan fingerprint density at radius 2 is 1.75 bits per heavy atom. The second-order valence-electron chi connectivity index (χ2n) is 15.3. The number of ether oxygens (including phenoxy) is 3. The van der Waals surface area contributed by atoms with Crippen molar-refractivity contribution in [3.8, 4) is 0 Å². The first kappa shape index (κ1) is 34.4. The maximum atomic E-state index is 12.6. The number of methoxy groups -OCH3 is 1. The van der Waals surface area contributed by atoms with Crippen molar-refractivity contribution < 1.29 is 50.0 Å². The summed E-state index contributed by atoms with van der Waals surface area (Å²) in [6, 6.07) is 0. The van der Waals surface area contributed by atoms with E-state index >= 15 is 0 Å². The highest BCUT2D eigenvalue weighted by Crippen LogP contribution is 2.69. The van der Waals surface area contributed by atoms with E-state index in [0.717, 1.165) is 36.0 Å². The van der Waals surface area contributed by atoms with Crippen LogP contribution in [0.4, 0.5) is 0 Å². The minimum absolute atomic E-state index is 0.0101. The van der Waals surface area contributed by atoms with Gasteiger partial charge in [-0.2, -0.15) is 0 Å². The normalized spacial score (nSPS) is 49.4. The standard InChI is InChI=1S/C34H56O10/c1-17(2)19(15-35)8-7-18(3)25-27(39)28(40)30-33(25,5)12-10-24-32(4)11-9-20(13-21(32)22(36)14-34(24,30)41)44-31-29(42-6)26(38)23(37)16-43-31/h13,18,20,22-31,35-41H,7-12,14-16H2,1-6H3. The number of rotatable bonds is 8. The van der Waals surface area contributed by atoms with Crippen LogP contribution in [-0.4, -0.2) is 111 Å². The highest BCUT2D eigenvalue weighted by Gasteiger charge is 2.72. The van der Waals surface area contributed by atoms with Crippen LogP contribution >= 0.6 is 0 Å². The Morgan fingerprint density at radius 1 is 1.05 bits per heavy atom. The van der Waals surface area contributed by atoms with E-state index in [4.69, 9.17) is 14.2 Å². The van der Waals surface area contributed by atoms with Gasteiger partial charge < -0.3 is 50.0 Å². The van der Waals surface area contributed by atoms with Gasteiger partial charge in [-0.25, -0.2) is 0 Å². The molecular weight excluding hydrogens is 568 g/mol. The van der Waals surface area contributed by atoms with Crippen LogP contribution in [0.5, 0.6) is 0 Å². The van der Waals surface area contributed by atoms with Gasteiger partial charge in [0.05, 0.1) is 43.2 Å². The number of fused-ring (bicyclic) bond motifs is 5. The minimum atomic E-state index is -1.37. The van der Waals surface area contributed by atoms with Crippen molar-refractivity contribution >= 4 is 0 Å². The molecular formula is C34H56O10. The molecule has 10 heteroatoms. The Labute approximate surface area is 261 Å². The summed E-state index contributed by atoms with van der Waals surface area (Å²) in [4.78, 5) is 0. The van der Waals surface area contributed by atoms with Crippen molar-refractivity contribution in [2.24, 2.45) is 34.5 Å². The molecule has 5 aliphatic rings. The highest BCUT2D eigenvalue weighted by molar-refractivity contribution is 5.33. The number of allylic oxidation sites excluding steroid dienone is 1. The van der Waals surface area contributed by atoms with E-state index in [1.165, 1.54) is 7.11 Å². The summed E-state index contributed by atoms with van der Waals surface area (Å²) in [5.41, 5.74) is 0.479. The fourth-order valence-electron chi connectivity index (χ4n) is 10.5. The maximum absolute atomic E-state index is 12.6. The highest BCUT2D eigenvalue weighted by atomic mass is 16.7. The van der Waals surface area contributed by atoms with Gasteiger partial charge in [-0.15, -0.1) is 0 Å². The molecule has 252 valence electrons. The second kappa shape index (κ2) is 12.6. The van der Waals surface area contributed by atoms with Gasteiger partial charge in [0.1, 0.15) is 18.3 Å². The quantitative estimate of drug-likeness (QED) is 0.198. The predicted molar refractivity (Wildman–Crippen MR) is 162 cm³/mol. The van der Waals surface area contributed by atoms with Crippen molar-refractivity contribution in [2.45, 2.75) is 134 Å². The molecule has 0 aromatic carbocycles. The molecule has 1 aliphatic heterocycles. The fourth-order valence-corrected chi connectivity index (χ4v) is 10.5. The largest absolute Gasteiger partial charge is 0.392 e. The van der Waals surface area contributed by atoms with Gasteiger partial charge in [0.2, 0.25) is 0 Å². The van der Waals surface area contributed by atoms with Crippen molar-refractivity contribution in [3.63, 3.8) is 0 Å². The summed E-state index contributed by atoms with van der Waals surface area (Å²) >= 11 is 0. The van der Waals surface area contributed by atoms with E-state index in [0.29, 0.717) is 19.3 Å². The lowest BCUT2D eigenvalue weighted by molar-refractivity contribution is -0.285. The molecule has 15 atom stereocenters. The Bertz CT molecular complexity index is 1110. The fraction of sp³-hybridized carbons (Fsp3) is 0.882. The lowest BCUT2D eigenvalue weighted by atomic mass is 9.43. The van der Waals surface area contributed by atoms with Crippen LogP contribution in [0, 0.1) is 34.5 Å². The molecule has 0 aromatic heterocycles. The van der Waals surface area contributed by atoms with E-state index in [2.05, 4.69) is 20.8 Å². The molecule has 4 aliphatic carbocycles. The monoisotopic (exact) mass is 624 g/mol. The Balaban J connectivity index is 1.38. The predicted octanol–water partition coefficient (Wildman–Crippen LogP) is 1.82. The van der Waals surface area contributed by atoms with Crippen LogP contribution in [-0.2, 0) is 14.2 Å². The first-order chi connectivity index (χ1) is 20.6. The van der Waals surface area contributed by atoms with Crippen LogP contribution in [0.1, 0.15) is 79.6 Å². The van der Waals surface area contributed by atoms with Gasteiger partial charge in [-0.3, -0.25) is 0 Å². The van der Waals surface area contributed by atoms with E-state index in [9.17, 15) is 35.7 Å². The molecule has 5 rings (SSSR count). The number of aliphatic hydroxyl groups is 7. The smallest absolute Gasteiger partial charge is 0.187 e. The van der Waals surface area contributed by atoms with Gasteiger partial charge in [-0.05, 0) is 92.1 Å². The van der Waals surface area contributed by atoms with E-state index < -0.39 is 71.4 Å². The SMILES string of the molecule is COC1C(OC2C=C3C(O)CC4(O)C(CCC5(C)C(C(C)CCC(CO)=C(C)C)C(O)C(O)C54)C3(C)CC2)OCC(O)C1O. The third-order valence-electron chi connectivity index (χ3n) is 12.7. The number of hydrogen-bond donors (Lipinski definition) is 7. The molecule has 0 bridgehead atoms. The lowest BCUT2D eigenvalue weighted by Crippen LogP contribution is -2.66. The number of hydrogen-bond acceptors (Lipinski definition) is 10. The van der Waals surface area contributed by atoms with Crippen LogP contribution in [0.2, 0.25) is 0 Å². The van der Waals surface area contributed by atoms with Gasteiger partial charge in [-0.1, -0.05) is 32.4 Å². The molecule has 1 saturated heterocycles. The van der Waals surface area contributed by atoms with Crippen LogP contribution in [0.25, 0.3) is 0 Å². The molecule has 0 spiro atoms. The zero-order chi connectivity index (χ0) is 32.4. The topological polar surface area (TPSA) is 169 Å². The second-order valence-corrected chi connectivity index (χ2v) is 15.3. The van der Waals surface area contributed by atoms with Crippen LogP contribution in [0.3, 0.4) is 0 Å². The van der Waals surface area contributed by atoms with Crippen molar-refractivity contribution in [2.75, 3.05) is 20.3 Å². The lowest BCUT2D eigenvalue weighted by Gasteiger charge is -2.64. The summed E-state index contributed by atoms with van der Waals surface area (Å²) in [5, 5.41) is 77.6. The van der Waals surface area contributed by atoms with Gasteiger partial charge in [0, 0.05) is 19.4 Å². The molecule has 7 N–H and O–H groups in total. The van der Waals surface area contributed by atoms with Gasteiger partial charge in [0.15, 0.2) is 6.29 Å². The van der Waals surface area contributed by atoms with Crippen molar-refractivity contribution in [1.82, 2.24) is 0 Å². The minimum Gasteiger partial charge on any atom is -0.392 e. The summed E-state index contributed by atoms with van der Waals surface area (Å²) in [7, 11) is 1.43. The Hall–Kier alpha value is -0.920. The van der Waals surface area contributed by atoms with Crippen LogP contribution < -0.4 is 0 Å². The Morgan fingerprint density at radius 3 is 2.39 bits per heavy atom. The first-order valence-corrected chi connectivity index (χ1v) is 16.5. The molecule has 0 radical (unpaired) electrons. The molecule has 44 heavy (non-hydrogen) atoms. The van der Waals surface area contributed by atoms with E-state index in [-0.39, 0.29) is 37.4 Å². The first-order valence-electron chi connectivity index (χ1n) is 16.5. The molecule has 1 heterocycles. The summed E-state index contributed by atoms with van der Waals surface area (Å²) in [5.74, 6) is -0.986. The molecule has 0 amide bonds. The van der Waals surface area contributed by atoms with Gasteiger partial charge >= 0.3 is 0 Å². The van der Waals surface area contributed by atoms with E-state index in [1.807, 2.05) is 19.9 Å². The zero-order valence-electron chi connectivity index (χ0n) is 27.2. The summed E-state index contributed by atoms with van der Waals surface area (Å²) in [6.07, 6.45) is -1.25. The van der Waals surface area contributed by atoms with Crippen LogP contribution in [0.15, 0.2) is 22.8 Å². The van der Waals surface area contributed by atoms with Crippen molar-refractivity contribution in [1.29, 1.82) is 0 Å². The Kier molecular flexibility index (Phi) is 9.85. The molecule has 15 unspecified atom stereocenters. The molecule has 0 aromatic rings. The zero-order valence-corrected chi connectivity index (χ0v) is 27.2. The maximum Gasteiger partial charge on any atom is 0.187 e. The van der Waals surface area contributed by atoms with E-state index in [1.54, 1.807) is 0 Å². The average Bonchev–Trinajstić information content (AvgIpc) is 3.16. The third-order valence-corrected chi connectivity index (χ3v) is 12.7. The summed E-state index contributed by atoms with van der Waals surface area (Å²) < 4.78 is 17.3. The van der Waals surface area contributed by atoms with Gasteiger partial charge in [0.25, 0.3) is 0 Å². The average molecular weight is 625 g/mol. The number of aliphatic hydroxyl groups excluding tert-OH is 6. The third kappa shape index (κ3) is 5.45. The molecule has 3 saturated carbocycles. The van der Waals surface area contributed by atoms with Crippen molar-refractivity contribution in [3.05, 3.63) is 22.8 Å². The molecule has 4 fully saturated rings.